The van der Waals surface area contributed by atoms with E-state index < -0.39 is 46.6 Å². The fraction of sp³-hybridized carbons (Fsp3) is 0.545. The molecule has 6 saturated heterocycles. The average molecular weight is 1010 g/mol. The molecule has 14 nitrogen and oxygen atoms in total. The fourth-order valence-electron chi connectivity index (χ4n) is 13.3. The molecule has 0 bridgehead atoms. The van der Waals surface area contributed by atoms with Crippen molar-refractivity contribution in [2.24, 2.45) is 16.2 Å². The third kappa shape index (κ3) is 8.92. The number of carbonyl (C=O) groups excluding carboxylic acids is 2. The number of aryl methyl sites for hydroxylation is 1. The molecule has 6 aliphatic heterocycles. The van der Waals surface area contributed by atoms with Crippen LogP contribution < -0.4 is 19.9 Å². The van der Waals surface area contributed by atoms with Gasteiger partial charge >= 0.3 is 6.01 Å². The van der Waals surface area contributed by atoms with Gasteiger partial charge in [-0.05, 0) is 123 Å². The molecule has 12 rings (SSSR count). The second kappa shape index (κ2) is 18.0. The molecule has 2 spiro atoms. The number of hydrazine groups is 1. The standard InChI is InChI=1S/C55H63F4N9O5/c1-3-36-40(56)7-5-33-21-35(69)24-38(44(33)36)47-46(59)48-39(25-60-47)49(66-16-4-9-52(2,72)26-66)63-51(62-48)73-32-55(10-11-55)29-64-27-53(28-64)14-19-67(20-15-53)68-30-54(31-68)12-17-65(18-13-54)34-22-41(57)45(42(58)23-34)37-6-8-43(70)61-50(37)71/h5,7,21-25,37,69,72H,3-4,6,8-20,26-32H2,1-2H3,(H,61,70,71)/t37?,52-/m1/s1. The lowest BCUT2D eigenvalue weighted by Gasteiger charge is -2.61. The lowest BCUT2D eigenvalue weighted by Crippen LogP contribution is -2.68. The molecule has 1 unspecified atom stereocenters. The molecule has 5 aromatic rings. The van der Waals surface area contributed by atoms with Gasteiger partial charge in [-0.25, -0.2) is 27.6 Å². The number of imide groups is 1. The van der Waals surface area contributed by atoms with Crippen molar-refractivity contribution >= 4 is 45.0 Å². The minimum atomic E-state index is -1.01. The van der Waals surface area contributed by atoms with E-state index in [1.165, 1.54) is 36.5 Å². The van der Waals surface area contributed by atoms with Crippen LogP contribution in [0.2, 0.25) is 0 Å². The number of piperidine rings is 4. The number of β-amino-alcohol motifs (C(OH)–C–C–N with tert-alkyl or cyclic N) is 1. The Morgan fingerprint density at radius 1 is 0.808 bits per heavy atom. The molecule has 3 N–H and O–H groups in total. The maximum absolute atomic E-state index is 17.1. The number of nitrogens with one attached hydrogen (secondary N) is 1. The zero-order chi connectivity index (χ0) is 50.6. The number of phenols is 1. The number of ether oxygens (including phenoxy) is 1. The van der Waals surface area contributed by atoms with Crippen molar-refractivity contribution in [1.82, 2.24) is 35.2 Å². The van der Waals surface area contributed by atoms with Crippen molar-refractivity contribution in [3.63, 3.8) is 0 Å². The topological polar surface area (TPSA) is 151 Å². The predicted molar refractivity (Wildman–Crippen MR) is 267 cm³/mol. The van der Waals surface area contributed by atoms with Gasteiger partial charge < -0.3 is 29.6 Å². The van der Waals surface area contributed by atoms with Crippen LogP contribution in [0.4, 0.5) is 29.1 Å². The van der Waals surface area contributed by atoms with Crippen LogP contribution in [0.3, 0.4) is 0 Å². The number of halogens is 4. The van der Waals surface area contributed by atoms with Crippen LogP contribution in [-0.2, 0) is 16.0 Å². The lowest BCUT2D eigenvalue weighted by molar-refractivity contribution is -0.186. The van der Waals surface area contributed by atoms with Crippen LogP contribution >= 0.6 is 0 Å². The van der Waals surface area contributed by atoms with E-state index in [4.69, 9.17) is 9.72 Å². The number of carbonyl (C=O) groups is 2. The van der Waals surface area contributed by atoms with Gasteiger partial charge in [0, 0.05) is 112 Å². The molecule has 7 fully saturated rings. The number of aliphatic hydroxyl groups is 1. The summed E-state index contributed by atoms with van der Waals surface area (Å²) in [5.74, 6) is -4.38. The van der Waals surface area contributed by atoms with Crippen molar-refractivity contribution in [2.75, 3.05) is 88.4 Å². The van der Waals surface area contributed by atoms with Crippen molar-refractivity contribution in [1.29, 1.82) is 0 Å². The molecule has 386 valence electrons. The molecule has 2 aromatic heterocycles. The van der Waals surface area contributed by atoms with E-state index in [9.17, 15) is 19.8 Å². The van der Waals surface area contributed by atoms with Crippen molar-refractivity contribution < 1.29 is 42.1 Å². The molecule has 1 aliphatic carbocycles. The molecule has 2 amide bonds. The van der Waals surface area contributed by atoms with E-state index in [-0.39, 0.29) is 64.3 Å². The van der Waals surface area contributed by atoms with Gasteiger partial charge in [0.2, 0.25) is 11.8 Å². The second-order valence-corrected chi connectivity index (χ2v) is 23.0. The highest BCUT2D eigenvalue weighted by atomic mass is 19.1. The Bertz CT molecular complexity index is 3010. The molecule has 3 aromatic carbocycles. The minimum Gasteiger partial charge on any atom is -0.508 e. The number of likely N-dealkylation sites (tertiary alicyclic amines) is 1. The monoisotopic (exact) mass is 1010 g/mol. The first-order chi connectivity index (χ1) is 35.0. The maximum atomic E-state index is 17.1. The van der Waals surface area contributed by atoms with E-state index in [1.807, 2.05) is 16.7 Å². The molecule has 18 heteroatoms. The predicted octanol–water partition coefficient (Wildman–Crippen LogP) is 7.62. The molecule has 0 radical (unpaired) electrons. The van der Waals surface area contributed by atoms with Crippen molar-refractivity contribution in [3.8, 4) is 23.0 Å². The Morgan fingerprint density at radius 2 is 1.52 bits per heavy atom. The van der Waals surface area contributed by atoms with Crippen LogP contribution in [-0.4, -0.2) is 136 Å². The van der Waals surface area contributed by atoms with Crippen LogP contribution in [0, 0.1) is 39.5 Å². The summed E-state index contributed by atoms with van der Waals surface area (Å²) in [5.41, 5.74) is 0.273. The highest BCUT2D eigenvalue weighted by Crippen LogP contribution is 2.51. The zero-order valence-electron chi connectivity index (χ0n) is 41.6. The minimum absolute atomic E-state index is 0.00386. The number of hydrogen-bond donors (Lipinski definition) is 3. The maximum Gasteiger partial charge on any atom is 0.319 e. The fourth-order valence-corrected chi connectivity index (χ4v) is 13.3. The van der Waals surface area contributed by atoms with Gasteiger partial charge in [-0.1, -0.05) is 13.0 Å². The first-order valence-corrected chi connectivity index (χ1v) is 26.2. The number of rotatable bonds is 11. The van der Waals surface area contributed by atoms with E-state index in [0.717, 1.165) is 84.3 Å². The molecular formula is C55H63F4N9O5. The van der Waals surface area contributed by atoms with Gasteiger partial charge in [-0.15, -0.1) is 0 Å². The van der Waals surface area contributed by atoms with Crippen molar-refractivity contribution in [3.05, 3.63) is 77.0 Å². The summed E-state index contributed by atoms with van der Waals surface area (Å²) in [5, 5.41) is 30.5. The van der Waals surface area contributed by atoms with Crippen LogP contribution in [0.25, 0.3) is 32.9 Å². The Morgan fingerprint density at radius 3 is 2.21 bits per heavy atom. The Balaban J connectivity index is 0.666. The number of phenolic OH excluding ortho intramolecular Hbond substituents is 1. The Hall–Kier alpha value is -5.69. The molecule has 73 heavy (non-hydrogen) atoms. The second-order valence-electron chi connectivity index (χ2n) is 23.0. The first kappa shape index (κ1) is 48.3. The van der Waals surface area contributed by atoms with Gasteiger partial charge in [0.05, 0.1) is 23.5 Å². The van der Waals surface area contributed by atoms with Gasteiger partial charge in [0.15, 0.2) is 5.82 Å². The summed E-state index contributed by atoms with van der Waals surface area (Å²) < 4.78 is 69.4. The van der Waals surface area contributed by atoms with E-state index >= 15 is 17.6 Å². The number of aromatic hydroxyl groups is 1. The van der Waals surface area contributed by atoms with Gasteiger partial charge in [-0.2, -0.15) is 9.97 Å². The van der Waals surface area contributed by atoms with Crippen LogP contribution in [0.15, 0.2) is 42.6 Å². The largest absolute Gasteiger partial charge is 0.508 e. The number of nitrogens with zero attached hydrogens (tertiary/aromatic N) is 8. The van der Waals surface area contributed by atoms with Gasteiger partial charge in [0.1, 0.15) is 40.2 Å². The van der Waals surface area contributed by atoms with E-state index in [1.54, 1.807) is 13.0 Å². The van der Waals surface area contributed by atoms with Crippen LogP contribution in [0.1, 0.15) is 95.1 Å². The smallest absolute Gasteiger partial charge is 0.319 e. The van der Waals surface area contributed by atoms with E-state index in [2.05, 4.69) is 30.2 Å². The summed E-state index contributed by atoms with van der Waals surface area (Å²) >= 11 is 0. The summed E-state index contributed by atoms with van der Waals surface area (Å²) in [6.45, 7) is 13.3. The summed E-state index contributed by atoms with van der Waals surface area (Å²) in [7, 11) is 0. The highest BCUT2D eigenvalue weighted by Gasteiger charge is 2.53. The summed E-state index contributed by atoms with van der Waals surface area (Å²) in [4.78, 5) is 44.6. The Kier molecular flexibility index (Phi) is 11.9. The van der Waals surface area contributed by atoms with Gasteiger partial charge in [0.25, 0.3) is 0 Å². The van der Waals surface area contributed by atoms with Crippen molar-refractivity contribution in [2.45, 2.75) is 96.0 Å². The molecular weight excluding hydrogens is 943 g/mol. The summed E-state index contributed by atoms with van der Waals surface area (Å²) in [6, 6.07) is 8.60. The molecule has 8 heterocycles. The number of amides is 2. The van der Waals surface area contributed by atoms with Crippen LogP contribution in [0.5, 0.6) is 11.8 Å². The number of fused-ring (bicyclic) bond motifs is 2. The number of benzene rings is 3. The zero-order valence-corrected chi connectivity index (χ0v) is 41.6. The SMILES string of the molecule is CCc1c(F)ccc2cc(O)cc(-c3ncc4c(N5CCC[C@@](C)(O)C5)nc(OCC5(CN6CC7(CCN(N8CC9(CCN(c%10cc(F)c(C%11CCC(=O)NC%11=O)c(F)c%10)CC9)C8)CC7)C6)CC5)nc4c3F)c12. The number of pyridine rings is 1. The third-order valence-corrected chi connectivity index (χ3v) is 17.6. The quantitative estimate of drug-likeness (QED) is 0.0881. The molecule has 2 atom stereocenters. The molecule has 7 aliphatic rings. The van der Waals surface area contributed by atoms with E-state index in [0.29, 0.717) is 84.1 Å². The average Bonchev–Trinajstić information content (AvgIpc) is 4.11. The normalized spacial score (nSPS) is 25.1. The summed E-state index contributed by atoms with van der Waals surface area (Å²) in [6.07, 6.45) is 9.50. The number of anilines is 2. The van der Waals surface area contributed by atoms with Gasteiger partial charge in [-0.3, -0.25) is 19.9 Å². The molecule has 1 saturated carbocycles. The third-order valence-electron chi connectivity index (χ3n) is 17.6. The lowest BCUT2D eigenvalue weighted by atomic mass is 9.70. The number of hydrogen-bond acceptors (Lipinski definition) is 13. The number of aromatic nitrogens is 3. The highest BCUT2D eigenvalue weighted by molar-refractivity contribution is 6.02. The first-order valence-electron chi connectivity index (χ1n) is 26.2. The Labute approximate surface area is 421 Å².